The van der Waals surface area contributed by atoms with Crippen LogP contribution in [0.1, 0.15) is 34.5 Å². The highest BCUT2D eigenvalue weighted by molar-refractivity contribution is 5.92. The predicted molar refractivity (Wildman–Crippen MR) is 92.5 cm³/mol. The summed E-state index contributed by atoms with van der Waals surface area (Å²) in [6, 6.07) is 6.05. The first-order valence-corrected chi connectivity index (χ1v) is 8.18. The SMILES string of the molecule is Cc1cccc(Nc2cnc(C(=O)NCC3CCCO3)cn2)c1C. The minimum absolute atomic E-state index is 0.118. The van der Waals surface area contributed by atoms with E-state index < -0.39 is 0 Å². The molecule has 1 unspecified atom stereocenters. The molecule has 1 saturated heterocycles. The molecule has 2 aromatic rings. The van der Waals surface area contributed by atoms with Gasteiger partial charge in [-0.05, 0) is 43.9 Å². The fraction of sp³-hybridized carbons (Fsp3) is 0.389. The van der Waals surface area contributed by atoms with E-state index in [1.807, 2.05) is 12.1 Å². The van der Waals surface area contributed by atoms with E-state index in [2.05, 4.69) is 40.5 Å². The van der Waals surface area contributed by atoms with Crippen LogP contribution < -0.4 is 10.6 Å². The van der Waals surface area contributed by atoms with Crippen molar-refractivity contribution in [3.05, 3.63) is 47.4 Å². The summed E-state index contributed by atoms with van der Waals surface area (Å²) < 4.78 is 5.48. The third kappa shape index (κ3) is 3.89. The Bertz CT molecular complexity index is 709. The molecule has 1 aliphatic heterocycles. The molecule has 0 radical (unpaired) electrons. The zero-order valence-corrected chi connectivity index (χ0v) is 14.0. The van der Waals surface area contributed by atoms with E-state index in [1.165, 1.54) is 11.8 Å². The molecule has 1 aromatic carbocycles. The average Bonchev–Trinajstić information content (AvgIpc) is 3.11. The number of nitrogens with one attached hydrogen (secondary N) is 2. The number of hydrogen-bond donors (Lipinski definition) is 2. The van der Waals surface area contributed by atoms with Crippen LogP contribution in [0.15, 0.2) is 30.6 Å². The number of anilines is 2. The standard InChI is InChI=1S/C18H22N4O2/c1-12-5-3-7-15(13(12)2)22-17-11-19-16(10-20-17)18(23)21-9-14-6-4-8-24-14/h3,5,7,10-11,14H,4,6,8-9H2,1-2H3,(H,20,22)(H,21,23). The van der Waals surface area contributed by atoms with E-state index >= 15 is 0 Å². The minimum Gasteiger partial charge on any atom is -0.376 e. The summed E-state index contributed by atoms with van der Waals surface area (Å²) in [6.07, 6.45) is 5.22. The van der Waals surface area contributed by atoms with Gasteiger partial charge in [0.25, 0.3) is 5.91 Å². The number of carbonyl (C=O) groups excluding carboxylic acids is 1. The molecule has 24 heavy (non-hydrogen) atoms. The Labute approximate surface area is 141 Å². The van der Waals surface area contributed by atoms with E-state index in [0.717, 1.165) is 30.7 Å². The van der Waals surface area contributed by atoms with Gasteiger partial charge in [0.1, 0.15) is 11.5 Å². The zero-order valence-electron chi connectivity index (χ0n) is 14.0. The maximum atomic E-state index is 12.1. The summed E-state index contributed by atoms with van der Waals surface area (Å²) in [4.78, 5) is 20.6. The van der Waals surface area contributed by atoms with Crippen molar-refractivity contribution in [3.8, 4) is 0 Å². The van der Waals surface area contributed by atoms with Crippen molar-refractivity contribution in [1.29, 1.82) is 0 Å². The number of aromatic nitrogens is 2. The Morgan fingerprint density at radius 1 is 1.29 bits per heavy atom. The topological polar surface area (TPSA) is 76.1 Å². The van der Waals surface area contributed by atoms with Gasteiger partial charge in [0.15, 0.2) is 0 Å². The number of aryl methyl sites for hydroxylation is 1. The summed E-state index contributed by atoms with van der Waals surface area (Å²) in [7, 11) is 0. The molecule has 0 bridgehead atoms. The van der Waals surface area contributed by atoms with Crippen molar-refractivity contribution in [1.82, 2.24) is 15.3 Å². The Morgan fingerprint density at radius 2 is 2.17 bits per heavy atom. The van der Waals surface area contributed by atoms with Crippen LogP contribution in [0.4, 0.5) is 11.5 Å². The minimum atomic E-state index is -0.226. The first-order chi connectivity index (χ1) is 11.6. The third-order valence-corrected chi connectivity index (χ3v) is 4.27. The normalized spacial score (nSPS) is 16.8. The van der Waals surface area contributed by atoms with Crippen molar-refractivity contribution in [2.24, 2.45) is 0 Å². The van der Waals surface area contributed by atoms with Gasteiger partial charge in [0, 0.05) is 18.8 Å². The van der Waals surface area contributed by atoms with Crippen LogP contribution in [-0.2, 0) is 4.74 Å². The molecule has 1 aromatic heterocycles. The molecule has 6 heteroatoms. The second kappa shape index (κ2) is 7.40. The van der Waals surface area contributed by atoms with Crippen LogP contribution in [0.2, 0.25) is 0 Å². The molecule has 0 spiro atoms. The number of hydrogen-bond acceptors (Lipinski definition) is 5. The van der Waals surface area contributed by atoms with Gasteiger partial charge in [0.05, 0.1) is 18.5 Å². The van der Waals surface area contributed by atoms with Gasteiger partial charge in [-0.2, -0.15) is 0 Å². The van der Waals surface area contributed by atoms with Gasteiger partial charge >= 0.3 is 0 Å². The van der Waals surface area contributed by atoms with Crippen LogP contribution in [0.25, 0.3) is 0 Å². The number of carbonyl (C=O) groups is 1. The van der Waals surface area contributed by atoms with E-state index in [4.69, 9.17) is 4.74 Å². The van der Waals surface area contributed by atoms with Crippen LogP contribution in [0.3, 0.4) is 0 Å². The van der Waals surface area contributed by atoms with Gasteiger partial charge in [-0.15, -0.1) is 0 Å². The molecule has 1 atom stereocenters. The number of ether oxygens (including phenoxy) is 1. The molecule has 1 aliphatic rings. The zero-order chi connectivity index (χ0) is 16.9. The molecule has 1 fully saturated rings. The average molecular weight is 326 g/mol. The fourth-order valence-electron chi connectivity index (χ4n) is 2.64. The number of rotatable bonds is 5. The predicted octanol–water partition coefficient (Wildman–Crippen LogP) is 2.75. The van der Waals surface area contributed by atoms with Crippen molar-refractivity contribution < 1.29 is 9.53 Å². The molecular formula is C18H22N4O2. The van der Waals surface area contributed by atoms with Crippen LogP contribution >= 0.6 is 0 Å². The Kier molecular flexibility index (Phi) is 5.05. The van der Waals surface area contributed by atoms with Crippen molar-refractivity contribution >= 4 is 17.4 Å². The Balaban J connectivity index is 1.60. The van der Waals surface area contributed by atoms with E-state index in [-0.39, 0.29) is 12.0 Å². The number of benzene rings is 1. The van der Waals surface area contributed by atoms with Gasteiger partial charge in [-0.3, -0.25) is 4.79 Å². The van der Waals surface area contributed by atoms with Crippen molar-refractivity contribution in [2.45, 2.75) is 32.8 Å². The molecule has 2 N–H and O–H groups in total. The lowest BCUT2D eigenvalue weighted by Gasteiger charge is -2.12. The third-order valence-electron chi connectivity index (χ3n) is 4.27. The summed E-state index contributed by atoms with van der Waals surface area (Å²) in [5.74, 6) is 0.385. The number of amides is 1. The Morgan fingerprint density at radius 3 is 2.88 bits per heavy atom. The lowest BCUT2D eigenvalue weighted by atomic mass is 10.1. The summed E-state index contributed by atoms with van der Waals surface area (Å²) in [5, 5.41) is 6.07. The molecule has 1 amide bonds. The van der Waals surface area contributed by atoms with Gasteiger partial charge < -0.3 is 15.4 Å². The van der Waals surface area contributed by atoms with E-state index in [1.54, 1.807) is 6.20 Å². The quantitative estimate of drug-likeness (QED) is 0.883. The van der Waals surface area contributed by atoms with Crippen LogP contribution in [0, 0.1) is 13.8 Å². The van der Waals surface area contributed by atoms with Crippen LogP contribution in [0.5, 0.6) is 0 Å². The first-order valence-electron chi connectivity index (χ1n) is 8.18. The Hall–Kier alpha value is -2.47. The van der Waals surface area contributed by atoms with E-state index in [9.17, 15) is 4.79 Å². The maximum Gasteiger partial charge on any atom is 0.271 e. The molecule has 0 aliphatic carbocycles. The van der Waals surface area contributed by atoms with Gasteiger partial charge in [-0.1, -0.05) is 12.1 Å². The summed E-state index contributed by atoms with van der Waals surface area (Å²) >= 11 is 0. The lowest BCUT2D eigenvalue weighted by Crippen LogP contribution is -2.32. The smallest absolute Gasteiger partial charge is 0.271 e. The molecule has 126 valence electrons. The highest BCUT2D eigenvalue weighted by Gasteiger charge is 2.17. The van der Waals surface area contributed by atoms with Gasteiger partial charge in [0.2, 0.25) is 0 Å². The van der Waals surface area contributed by atoms with Gasteiger partial charge in [-0.25, -0.2) is 9.97 Å². The fourth-order valence-corrected chi connectivity index (χ4v) is 2.64. The lowest BCUT2D eigenvalue weighted by molar-refractivity contribution is 0.0853. The number of nitrogens with zero attached hydrogens (tertiary/aromatic N) is 2. The molecule has 3 rings (SSSR count). The highest BCUT2D eigenvalue weighted by Crippen LogP contribution is 2.21. The first kappa shape index (κ1) is 16.4. The molecule has 2 heterocycles. The molecular weight excluding hydrogens is 304 g/mol. The summed E-state index contributed by atoms with van der Waals surface area (Å²) in [6.45, 7) is 5.41. The maximum absolute atomic E-state index is 12.1. The van der Waals surface area contributed by atoms with Crippen molar-refractivity contribution in [2.75, 3.05) is 18.5 Å². The molecule has 0 saturated carbocycles. The van der Waals surface area contributed by atoms with Crippen molar-refractivity contribution in [3.63, 3.8) is 0 Å². The monoisotopic (exact) mass is 326 g/mol. The van der Waals surface area contributed by atoms with Crippen LogP contribution in [-0.4, -0.2) is 35.1 Å². The largest absolute Gasteiger partial charge is 0.376 e. The van der Waals surface area contributed by atoms with E-state index in [0.29, 0.717) is 18.1 Å². The second-order valence-corrected chi connectivity index (χ2v) is 6.00. The highest BCUT2D eigenvalue weighted by atomic mass is 16.5. The molecule has 6 nitrogen and oxygen atoms in total. The second-order valence-electron chi connectivity index (χ2n) is 6.00. The summed E-state index contributed by atoms with van der Waals surface area (Å²) in [5.41, 5.74) is 3.66.